The number of rotatable bonds is 5. The van der Waals surface area contributed by atoms with Gasteiger partial charge >= 0.3 is 0 Å². The summed E-state index contributed by atoms with van der Waals surface area (Å²) in [6.07, 6.45) is 9.49. The summed E-state index contributed by atoms with van der Waals surface area (Å²) in [7, 11) is 2.15. The van der Waals surface area contributed by atoms with Crippen LogP contribution in [0.2, 0.25) is 0 Å². The normalized spacial score (nSPS) is 18.3. The molecule has 1 N–H and O–H groups in total. The van der Waals surface area contributed by atoms with Crippen molar-refractivity contribution in [3.8, 4) is 0 Å². The smallest absolute Gasteiger partial charge is 0.0421 e. The molecule has 2 nitrogen and oxygen atoms in total. The monoisotopic (exact) mass is 300 g/mol. The largest absolute Gasteiger partial charge is 0.384 e. The standard InChI is InChI=1S/C18H24N2S/c1-13-8-15(12-20(2)11-13)17-9-16(21-3)6-7-18(17)19-10-14-4-5-14/h6-9,12,14,19H,4-5,10-11H2,1-3H3. The summed E-state index contributed by atoms with van der Waals surface area (Å²) in [6, 6.07) is 6.77. The minimum Gasteiger partial charge on any atom is -0.384 e. The summed E-state index contributed by atoms with van der Waals surface area (Å²) in [6.45, 7) is 4.34. The summed E-state index contributed by atoms with van der Waals surface area (Å²) in [4.78, 5) is 3.59. The average Bonchev–Trinajstić information content (AvgIpc) is 3.28. The summed E-state index contributed by atoms with van der Waals surface area (Å²) < 4.78 is 0. The molecule has 0 saturated heterocycles. The molecule has 0 spiro atoms. The molecule has 1 aliphatic carbocycles. The van der Waals surface area contributed by atoms with Gasteiger partial charge in [0.2, 0.25) is 0 Å². The second kappa shape index (κ2) is 6.18. The van der Waals surface area contributed by atoms with Crippen LogP contribution in [0.4, 0.5) is 5.69 Å². The van der Waals surface area contributed by atoms with Crippen LogP contribution in [0.5, 0.6) is 0 Å². The molecule has 2 aliphatic rings. The lowest BCUT2D eigenvalue weighted by Gasteiger charge is -2.23. The third-order valence-corrected chi connectivity index (χ3v) is 4.80. The first-order chi connectivity index (χ1) is 10.2. The SMILES string of the molecule is CSc1ccc(NCC2CC2)c(C2=CN(C)CC(C)=C2)c1. The number of hydrogen-bond donors (Lipinski definition) is 1. The fourth-order valence-corrected chi connectivity index (χ4v) is 3.23. The number of hydrogen-bond acceptors (Lipinski definition) is 3. The minimum atomic E-state index is 0.887. The molecule has 1 aromatic rings. The van der Waals surface area contributed by atoms with Crippen LogP contribution < -0.4 is 5.32 Å². The average molecular weight is 300 g/mol. The zero-order valence-corrected chi connectivity index (χ0v) is 14.0. The molecule has 21 heavy (non-hydrogen) atoms. The molecule has 0 aromatic heterocycles. The van der Waals surface area contributed by atoms with Gasteiger partial charge in [-0.15, -0.1) is 11.8 Å². The molecule has 3 heteroatoms. The minimum absolute atomic E-state index is 0.887. The molecule has 0 amide bonds. The number of anilines is 1. The number of thioether (sulfide) groups is 1. The summed E-state index contributed by atoms with van der Waals surface area (Å²) in [5.74, 6) is 0.887. The summed E-state index contributed by atoms with van der Waals surface area (Å²) >= 11 is 1.80. The molecule has 0 bridgehead atoms. The fourth-order valence-electron chi connectivity index (χ4n) is 2.79. The van der Waals surface area contributed by atoms with Crippen LogP contribution in [0, 0.1) is 5.92 Å². The van der Waals surface area contributed by atoms with Gasteiger partial charge in [-0.2, -0.15) is 0 Å². The van der Waals surface area contributed by atoms with Gasteiger partial charge in [0.15, 0.2) is 0 Å². The predicted octanol–water partition coefficient (Wildman–Crippen LogP) is 4.46. The van der Waals surface area contributed by atoms with Gasteiger partial charge in [-0.25, -0.2) is 0 Å². The number of nitrogens with zero attached hydrogens (tertiary/aromatic N) is 1. The van der Waals surface area contributed by atoms with Crippen LogP contribution in [0.15, 0.2) is 40.9 Å². The van der Waals surface area contributed by atoms with E-state index in [2.05, 4.69) is 60.9 Å². The van der Waals surface area contributed by atoms with Crippen molar-refractivity contribution in [3.05, 3.63) is 41.6 Å². The second-order valence-electron chi connectivity index (χ2n) is 6.23. The first-order valence-electron chi connectivity index (χ1n) is 7.67. The fraction of sp³-hybridized carbons (Fsp3) is 0.444. The highest BCUT2D eigenvalue weighted by atomic mass is 32.2. The molecule has 1 aliphatic heterocycles. The van der Waals surface area contributed by atoms with Crippen LogP contribution in [0.3, 0.4) is 0 Å². The van der Waals surface area contributed by atoms with Crippen LogP contribution in [-0.2, 0) is 0 Å². The number of allylic oxidation sites excluding steroid dienone is 2. The van der Waals surface area contributed by atoms with Crippen molar-refractivity contribution in [1.82, 2.24) is 4.90 Å². The summed E-state index contributed by atoms with van der Waals surface area (Å²) in [5.41, 5.74) is 5.33. The Balaban J connectivity index is 1.93. The molecule has 1 aromatic carbocycles. The van der Waals surface area contributed by atoms with Gasteiger partial charge in [0, 0.05) is 42.5 Å². The Bertz CT molecular complexity index is 585. The molecule has 1 saturated carbocycles. The van der Waals surface area contributed by atoms with E-state index in [1.807, 2.05) is 0 Å². The quantitative estimate of drug-likeness (QED) is 0.808. The highest BCUT2D eigenvalue weighted by Gasteiger charge is 2.21. The van der Waals surface area contributed by atoms with E-state index in [0.29, 0.717) is 0 Å². The van der Waals surface area contributed by atoms with Crippen LogP contribution in [-0.4, -0.2) is 31.3 Å². The Labute approximate surface area is 132 Å². The van der Waals surface area contributed by atoms with Gasteiger partial charge < -0.3 is 10.2 Å². The van der Waals surface area contributed by atoms with E-state index in [1.165, 1.54) is 40.1 Å². The third kappa shape index (κ3) is 3.65. The second-order valence-corrected chi connectivity index (χ2v) is 7.11. The van der Waals surface area contributed by atoms with Gasteiger partial charge in [0.05, 0.1) is 0 Å². The van der Waals surface area contributed by atoms with Gasteiger partial charge in [-0.1, -0.05) is 11.6 Å². The molecule has 0 radical (unpaired) electrons. The Morgan fingerprint density at radius 1 is 1.33 bits per heavy atom. The predicted molar refractivity (Wildman–Crippen MR) is 93.8 cm³/mol. The van der Waals surface area contributed by atoms with Gasteiger partial charge in [0.1, 0.15) is 0 Å². The maximum Gasteiger partial charge on any atom is 0.0421 e. The van der Waals surface area contributed by atoms with E-state index in [4.69, 9.17) is 0 Å². The van der Waals surface area contributed by atoms with Gasteiger partial charge in [0.25, 0.3) is 0 Å². The number of likely N-dealkylation sites (N-methyl/N-ethyl adjacent to an activating group) is 1. The lowest BCUT2D eigenvalue weighted by Crippen LogP contribution is -2.17. The molecular formula is C18H24N2S. The number of nitrogens with one attached hydrogen (secondary N) is 1. The highest BCUT2D eigenvalue weighted by Crippen LogP contribution is 2.34. The van der Waals surface area contributed by atoms with E-state index >= 15 is 0 Å². The van der Waals surface area contributed by atoms with Crippen molar-refractivity contribution in [2.75, 3.05) is 31.7 Å². The first-order valence-corrected chi connectivity index (χ1v) is 8.89. The van der Waals surface area contributed by atoms with E-state index in [-0.39, 0.29) is 0 Å². The maximum atomic E-state index is 3.66. The molecule has 0 unspecified atom stereocenters. The molecule has 1 heterocycles. The maximum absolute atomic E-state index is 3.66. The van der Waals surface area contributed by atoms with Crippen LogP contribution >= 0.6 is 11.8 Å². The third-order valence-electron chi connectivity index (χ3n) is 4.08. The molecule has 1 fully saturated rings. The Morgan fingerprint density at radius 3 is 2.81 bits per heavy atom. The zero-order chi connectivity index (χ0) is 14.8. The number of benzene rings is 1. The van der Waals surface area contributed by atoms with Crippen LogP contribution in [0.1, 0.15) is 25.3 Å². The van der Waals surface area contributed by atoms with E-state index in [0.717, 1.165) is 19.0 Å². The first kappa shape index (κ1) is 14.6. The molecule has 112 valence electrons. The van der Waals surface area contributed by atoms with Crippen molar-refractivity contribution >= 4 is 23.0 Å². The van der Waals surface area contributed by atoms with Gasteiger partial charge in [-0.3, -0.25) is 0 Å². The Morgan fingerprint density at radius 2 is 2.14 bits per heavy atom. The van der Waals surface area contributed by atoms with Crippen LogP contribution in [0.25, 0.3) is 5.57 Å². The molecule has 3 rings (SSSR count). The van der Waals surface area contributed by atoms with Crippen molar-refractivity contribution in [1.29, 1.82) is 0 Å². The summed E-state index contributed by atoms with van der Waals surface area (Å²) in [5, 5.41) is 3.66. The van der Waals surface area contributed by atoms with Crippen molar-refractivity contribution < 1.29 is 0 Å². The lowest BCUT2D eigenvalue weighted by molar-refractivity contribution is 0.493. The van der Waals surface area contributed by atoms with Crippen molar-refractivity contribution in [3.63, 3.8) is 0 Å². The van der Waals surface area contributed by atoms with E-state index in [1.54, 1.807) is 11.8 Å². The van der Waals surface area contributed by atoms with Crippen molar-refractivity contribution in [2.45, 2.75) is 24.7 Å². The van der Waals surface area contributed by atoms with Crippen molar-refractivity contribution in [2.24, 2.45) is 5.92 Å². The molecule has 0 atom stereocenters. The topological polar surface area (TPSA) is 15.3 Å². The highest BCUT2D eigenvalue weighted by molar-refractivity contribution is 7.98. The Hall–Kier alpha value is -1.35. The van der Waals surface area contributed by atoms with E-state index < -0.39 is 0 Å². The lowest BCUT2D eigenvalue weighted by atomic mass is 9.99. The Kier molecular flexibility index (Phi) is 4.29. The molecular weight excluding hydrogens is 276 g/mol. The van der Waals surface area contributed by atoms with Gasteiger partial charge in [-0.05, 0) is 55.7 Å². The van der Waals surface area contributed by atoms with E-state index in [9.17, 15) is 0 Å². The zero-order valence-electron chi connectivity index (χ0n) is 13.1.